The molecule has 0 heterocycles. The first-order chi connectivity index (χ1) is 10.2. The van der Waals surface area contributed by atoms with Gasteiger partial charge in [0, 0.05) is 5.41 Å². The van der Waals surface area contributed by atoms with Gasteiger partial charge in [0.1, 0.15) is 11.6 Å². The second-order valence-corrected chi connectivity index (χ2v) is 8.65. The van der Waals surface area contributed by atoms with Gasteiger partial charge in [-0.1, -0.05) is 12.8 Å². The number of ether oxygens (including phenoxy) is 1. The molecule has 1 atom stereocenters. The predicted molar refractivity (Wildman–Crippen MR) is 81.5 cm³/mol. The van der Waals surface area contributed by atoms with Gasteiger partial charge in [-0.3, -0.25) is 0 Å². The molecule has 0 saturated heterocycles. The molecular weight excluding hydrogens is 282 g/mol. The number of nitrogens with one attached hydrogen (secondary N) is 1. The fraction of sp³-hybridized carbons (Fsp3) is 0.882. The summed E-state index contributed by atoms with van der Waals surface area (Å²) in [5.41, 5.74) is -0.456. The number of carbonyl (C=O) groups is 2. The van der Waals surface area contributed by atoms with Crippen molar-refractivity contribution in [1.29, 1.82) is 0 Å². The Morgan fingerprint density at radius 3 is 2.18 bits per heavy atom. The Morgan fingerprint density at radius 2 is 1.73 bits per heavy atom. The maximum Gasteiger partial charge on any atom is 0.408 e. The van der Waals surface area contributed by atoms with Crippen LogP contribution in [0.1, 0.15) is 65.7 Å². The van der Waals surface area contributed by atoms with Gasteiger partial charge < -0.3 is 15.2 Å². The van der Waals surface area contributed by atoms with Gasteiger partial charge in [0.25, 0.3) is 0 Å². The zero-order valence-corrected chi connectivity index (χ0v) is 13.8. The molecule has 124 valence electrons. The van der Waals surface area contributed by atoms with Crippen molar-refractivity contribution in [3.05, 3.63) is 0 Å². The van der Waals surface area contributed by atoms with Crippen molar-refractivity contribution in [1.82, 2.24) is 5.32 Å². The molecule has 0 aromatic rings. The summed E-state index contributed by atoms with van der Waals surface area (Å²) in [6.07, 6.45) is 7.47. The lowest BCUT2D eigenvalue weighted by molar-refractivity contribution is -0.250. The van der Waals surface area contributed by atoms with Crippen LogP contribution in [0.5, 0.6) is 0 Å². The molecule has 5 nitrogen and oxygen atoms in total. The highest BCUT2D eigenvalue weighted by Crippen LogP contribution is 2.79. The molecule has 4 aliphatic rings. The molecule has 1 unspecified atom stereocenters. The molecule has 0 aliphatic heterocycles. The largest absolute Gasteiger partial charge is 0.480 e. The Balaban J connectivity index is 1.60. The van der Waals surface area contributed by atoms with Crippen molar-refractivity contribution in [2.24, 2.45) is 16.7 Å². The molecule has 0 spiro atoms. The van der Waals surface area contributed by atoms with Gasteiger partial charge in [-0.25, -0.2) is 9.59 Å². The molecular formula is C17H27NO4. The minimum atomic E-state index is -0.939. The number of hydrogen-bond donors (Lipinski definition) is 2. The molecule has 4 fully saturated rings. The topological polar surface area (TPSA) is 75.6 Å². The number of hydrogen-bond acceptors (Lipinski definition) is 3. The number of alkyl carbamates (subject to hydrolysis) is 1. The normalized spacial score (nSPS) is 35.2. The smallest absolute Gasteiger partial charge is 0.408 e. The Bertz CT molecular complexity index is 468. The summed E-state index contributed by atoms with van der Waals surface area (Å²) in [6.45, 7) is 5.33. The van der Waals surface area contributed by atoms with E-state index in [2.05, 4.69) is 5.32 Å². The standard InChI is InChI=1S/C17H27NO4/c1-15(2,3)22-14(21)18-12(13(19)20)17-8-16(9-17,10-17)11-6-4-5-7-11/h11-12H,4-10H2,1-3H3,(H,18,21)(H,19,20). The third kappa shape index (κ3) is 2.48. The fourth-order valence-electron chi connectivity index (χ4n) is 5.13. The average Bonchev–Trinajstić information content (AvgIpc) is 2.74. The Morgan fingerprint density at radius 1 is 1.18 bits per heavy atom. The number of carboxylic acid groups (broad SMARTS) is 1. The molecule has 1 amide bonds. The molecule has 4 aliphatic carbocycles. The van der Waals surface area contributed by atoms with Crippen LogP contribution in [0.4, 0.5) is 4.79 Å². The first kappa shape index (κ1) is 15.6. The maximum atomic E-state index is 11.9. The number of aliphatic carboxylic acids is 1. The van der Waals surface area contributed by atoms with Crippen LogP contribution < -0.4 is 5.32 Å². The van der Waals surface area contributed by atoms with Crippen LogP contribution in [0.2, 0.25) is 0 Å². The fourth-order valence-corrected chi connectivity index (χ4v) is 5.13. The number of rotatable bonds is 4. The summed E-state index contributed by atoms with van der Waals surface area (Å²) in [5, 5.41) is 12.1. The van der Waals surface area contributed by atoms with Crippen molar-refractivity contribution >= 4 is 12.1 Å². The van der Waals surface area contributed by atoms with Crippen LogP contribution in [-0.2, 0) is 9.53 Å². The molecule has 0 aromatic heterocycles. The SMILES string of the molecule is CC(C)(C)OC(=O)NC(C(=O)O)C12CC(C3CCCC3)(C1)C2. The van der Waals surface area contributed by atoms with E-state index in [-0.39, 0.29) is 5.41 Å². The van der Waals surface area contributed by atoms with E-state index in [4.69, 9.17) is 4.74 Å². The monoisotopic (exact) mass is 309 g/mol. The van der Waals surface area contributed by atoms with E-state index >= 15 is 0 Å². The molecule has 22 heavy (non-hydrogen) atoms. The average molecular weight is 309 g/mol. The van der Waals surface area contributed by atoms with E-state index < -0.39 is 23.7 Å². The van der Waals surface area contributed by atoms with E-state index in [0.717, 1.165) is 25.2 Å². The highest BCUT2D eigenvalue weighted by molar-refractivity contribution is 5.81. The van der Waals surface area contributed by atoms with Gasteiger partial charge in [-0.15, -0.1) is 0 Å². The van der Waals surface area contributed by atoms with Crippen molar-refractivity contribution in [3.63, 3.8) is 0 Å². The first-order valence-corrected chi connectivity index (χ1v) is 8.38. The summed E-state index contributed by atoms with van der Waals surface area (Å²) >= 11 is 0. The summed E-state index contributed by atoms with van der Waals surface area (Å²) in [5.74, 6) is -0.157. The number of amides is 1. The van der Waals surface area contributed by atoms with Crippen molar-refractivity contribution in [3.8, 4) is 0 Å². The number of carboxylic acids is 1. The summed E-state index contributed by atoms with van der Waals surface area (Å²) in [4.78, 5) is 23.5. The van der Waals surface area contributed by atoms with E-state index in [1.807, 2.05) is 0 Å². The van der Waals surface area contributed by atoms with Gasteiger partial charge in [0.05, 0.1) is 0 Å². The van der Waals surface area contributed by atoms with E-state index in [1.165, 1.54) is 25.7 Å². The molecule has 0 radical (unpaired) electrons. The van der Waals surface area contributed by atoms with E-state index in [0.29, 0.717) is 5.41 Å². The highest BCUT2D eigenvalue weighted by Gasteiger charge is 2.74. The Hall–Kier alpha value is -1.26. The first-order valence-electron chi connectivity index (χ1n) is 8.38. The van der Waals surface area contributed by atoms with Crippen LogP contribution in [-0.4, -0.2) is 28.8 Å². The van der Waals surface area contributed by atoms with Crippen molar-refractivity contribution in [2.45, 2.75) is 77.4 Å². The second-order valence-electron chi connectivity index (χ2n) is 8.65. The van der Waals surface area contributed by atoms with Crippen LogP contribution in [0.15, 0.2) is 0 Å². The molecule has 4 saturated carbocycles. The Kier molecular flexibility index (Phi) is 3.46. The molecule has 4 rings (SSSR count). The summed E-state index contributed by atoms with van der Waals surface area (Å²) in [6, 6.07) is -0.814. The van der Waals surface area contributed by atoms with E-state index in [1.54, 1.807) is 20.8 Å². The van der Waals surface area contributed by atoms with E-state index in [9.17, 15) is 14.7 Å². The van der Waals surface area contributed by atoms with Gasteiger partial charge in [-0.2, -0.15) is 0 Å². The van der Waals surface area contributed by atoms with Crippen molar-refractivity contribution in [2.75, 3.05) is 0 Å². The molecule has 2 bridgehead atoms. The van der Waals surface area contributed by atoms with Crippen LogP contribution in [0, 0.1) is 16.7 Å². The number of carbonyl (C=O) groups excluding carboxylic acids is 1. The minimum absolute atomic E-state index is 0.231. The highest BCUT2D eigenvalue weighted by atomic mass is 16.6. The van der Waals surface area contributed by atoms with Crippen LogP contribution >= 0.6 is 0 Å². The van der Waals surface area contributed by atoms with Crippen LogP contribution in [0.25, 0.3) is 0 Å². The molecule has 5 heteroatoms. The Labute approximate surface area is 131 Å². The van der Waals surface area contributed by atoms with Crippen molar-refractivity contribution < 1.29 is 19.4 Å². The van der Waals surface area contributed by atoms with Gasteiger partial charge in [-0.05, 0) is 64.2 Å². The zero-order valence-electron chi connectivity index (χ0n) is 13.8. The quantitative estimate of drug-likeness (QED) is 0.835. The third-order valence-electron chi connectivity index (χ3n) is 5.85. The summed E-state index contributed by atoms with van der Waals surface area (Å²) < 4.78 is 5.21. The lowest BCUT2D eigenvalue weighted by Gasteiger charge is -2.74. The maximum absolute atomic E-state index is 11.9. The second kappa shape index (κ2) is 4.87. The molecule has 0 aromatic carbocycles. The lowest BCUT2D eigenvalue weighted by Crippen LogP contribution is -2.73. The summed E-state index contributed by atoms with van der Waals surface area (Å²) in [7, 11) is 0. The van der Waals surface area contributed by atoms with Gasteiger partial charge in [0.2, 0.25) is 0 Å². The van der Waals surface area contributed by atoms with Gasteiger partial charge in [0.15, 0.2) is 0 Å². The lowest BCUT2D eigenvalue weighted by atomic mass is 9.30. The van der Waals surface area contributed by atoms with Gasteiger partial charge >= 0.3 is 12.1 Å². The van der Waals surface area contributed by atoms with Crippen LogP contribution in [0.3, 0.4) is 0 Å². The molecule has 2 N–H and O–H groups in total. The third-order valence-corrected chi connectivity index (χ3v) is 5.85. The minimum Gasteiger partial charge on any atom is -0.480 e. The predicted octanol–water partition coefficient (Wildman–Crippen LogP) is 3.32. The zero-order chi connectivity index (χ0) is 16.2.